The van der Waals surface area contributed by atoms with Gasteiger partial charge in [-0.05, 0) is 43.3 Å². The van der Waals surface area contributed by atoms with Crippen molar-refractivity contribution in [2.75, 3.05) is 5.32 Å². The summed E-state index contributed by atoms with van der Waals surface area (Å²) in [4.78, 5) is 14.5. The molecule has 1 unspecified atom stereocenters. The molecule has 4 nitrogen and oxygen atoms in total. The largest absolute Gasteiger partial charge is 0.323 e. The van der Waals surface area contributed by atoms with Crippen LogP contribution in [0.3, 0.4) is 0 Å². The van der Waals surface area contributed by atoms with Gasteiger partial charge in [-0.15, -0.1) is 0 Å². The molecule has 0 fully saturated rings. The van der Waals surface area contributed by atoms with Gasteiger partial charge in [-0.2, -0.15) is 5.10 Å². The first-order valence-corrected chi connectivity index (χ1v) is 9.13. The molecule has 1 N–H and O–H groups in total. The van der Waals surface area contributed by atoms with Crippen LogP contribution in [0.1, 0.15) is 13.0 Å². The Morgan fingerprint density at radius 1 is 1.12 bits per heavy atom. The molecule has 1 heterocycles. The minimum atomic E-state index is -0.471. The second kappa shape index (κ2) is 7.95. The summed E-state index contributed by atoms with van der Waals surface area (Å²) in [6, 6.07) is 14.8. The highest BCUT2D eigenvalue weighted by atomic mass is 35.5. The van der Waals surface area contributed by atoms with E-state index in [1.54, 1.807) is 24.9 Å². The number of hydrogen-bond acceptors (Lipinski definition) is 3. The van der Waals surface area contributed by atoms with E-state index in [1.165, 1.54) is 10.9 Å². The number of rotatable bonds is 5. The maximum atomic E-state index is 12.5. The molecule has 0 aliphatic heterocycles. The number of hydrogen-bond donors (Lipinski definition) is 1. The average molecular weight is 392 g/mol. The van der Waals surface area contributed by atoms with Crippen LogP contribution in [0.2, 0.25) is 10.0 Å². The number of halogens is 2. The number of carbonyl (C=O) groups is 1. The molecule has 0 bridgehead atoms. The highest BCUT2D eigenvalue weighted by Gasteiger charge is 2.17. The fourth-order valence-electron chi connectivity index (χ4n) is 2.17. The number of anilines is 1. The van der Waals surface area contributed by atoms with Crippen molar-refractivity contribution in [2.24, 2.45) is 0 Å². The van der Waals surface area contributed by atoms with E-state index in [2.05, 4.69) is 10.4 Å². The van der Waals surface area contributed by atoms with Crippen LogP contribution < -0.4 is 5.32 Å². The van der Waals surface area contributed by atoms with Crippen molar-refractivity contribution in [2.45, 2.75) is 22.8 Å². The fourth-order valence-corrected chi connectivity index (χ4v) is 3.34. The molecule has 3 rings (SSSR count). The van der Waals surface area contributed by atoms with Crippen molar-refractivity contribution < 1.29 is 4.79 Å². The average Bonchev–Trinajstić information content (AvgIpc) is 3.04. The van der Waals surface area contributed by atoms with Gasteiger partial charge in [0.15, 0.2) is 0 Å². The lowest BCUT2D eigenvalue weighted by molar-refractivity contribution is -0.119. The van der Waals surface area contributed by atoms with Crippen molar-refractivity contribution >= 4 is 46.6 Å². The molecule has 0 aliphatic carbocycles. The van der Waals surface area contributed by atoms with Crippen LogP contribution in [0.4, 0.5) is 5.69 Å². The maximum absolute atomic E-state index is 12.5. The number of nitrogens with zero attached hydrogens (tertiary/aromatic N) is 2. The molecule has 2 aromatic carbocycles. The highest BCUT2D eigenvalue weighted by molar-refractivity contribution is 7.99. The quantitative estimate of drug-likeness (QED) is 0.620. The predicted octanol–water partition coefficient (Wildman–Crippen LogP) is 5.54. The lowest BCUT2D eigenvalue weighted by Gasteiger charge is -2.15. The minimum Gasteiger partial charge on any atom is -0.323 e. The van der Waals surface area contributed by atoms with Crippen LogP contribution in [0.5, 0.6) is 0 Å². The summed E-state index contributed by atoms with van der Waals surface area (Å²) in [6.07, 6.45) is 3.13. The molecule has 0 saturated heterocycles. The SMILES string of the molecule is CC(C(=O)Nc1ccccc1Sc1ccc(Cl)cc1)n1cc(Cl)cn1. The van der Waals surface area contributed by atoms with E-state index in [0.29, 0.717) is 10.0 Å². The Kier molecular flexibility index (Phi) is 5.68. The molecule has 1 aromatic heterocycles. The number of nitrogens with one attached hydrogen (secondary N) is 1. The van der Waals surface area contributed by atoms with E-state index in [1.807, 2.05) is 48.5 Å². The van der Waals surface area contributed by atoms with Crippen molar-refractivity contribution in [3.8, 4) is 0 Å². The van der Waals surface area contributed by atoms with Crippen LogP contribution in [0.25, 0.3) is 0 Å². The molecule has 0 radical (unpaired) electrons. The monoisotopic (exact) mass is 391 g/mol. The van der Waals surface area contributed by atoms with Crippen LogP contribution >= 0.6 is 35.0 Å². The number of benzene rings is 2. The lowest BCUT2D eigenvalue weighted by atomic mass is 10.2. The zero-order chi connectivity index (χ0) is 17.8. The second-order valence-corrected chi connectivity index (χ2v) is 7.34. The van der Waals surface area contributed by atoms with Crippen molar-refractivity contribution in [1.29, 1.82) is 0 Å². The van der Waals surface area contributed by atoms with E-state index in [9.17, 15) is 4.79 Å². The Morgan fingerprint density at radius 2 is 1.84 bits per heavy atom. The van der Waals surface area contributed by atoms with Crippen LogP contribution in [-0.2, 0) is 4.79 Å². The molecule has 128 valence electrons. The van der Waals surface area contributed by atoms with Crippen LogP contribution in [0.15, 0.2) is 70.7 Å². The van der Waals surface area contributed by atoms with E-state index in [4.69, 9.17) is 23.2 Å². The Morgan fingerprint density at radius 3 is 2.52 bits per heavy atom. The number of amides is 1. The molecular weight excluding hydrogens is 377 g/mol. The van der Waals surface area contributed by atoms with Crippen LogP contribution in [0, 0.1) is 0 Å². The van der Waals surface area contributed by atoms with E-state index < -0.39 is 6.04 Å². The summed E-state index contributed by atoms with van der Waals surface area (Å²) < 4.78 is 1.53. The Hall–Kier alpha value is -1.95. The number of para-hydroxylation sites is 1. The van der Waals surface area contributed by atoms with Gasteiger partial charge in [0.2, 0.25) is 5.91 Å². The summed E-state index contributed by atoms with van der Waals surface area (Å²) >= 11 is 13.4. The van der Waals surface area contributed by atoms with Crippen molar-refractivity contribution in [3.05, 3.63) is 71.0 Å². The van der Waals surface area contributed by atoms with Gasteiger partial charge in [0.1, 0.15) is 6.04 Å². The van der Waals surface area contributed by atoms with Gasteiger partial charge in [-0.25, -0.2) is 0 Å². The van der Waals surface area contributed by atoms with Crippen LogP contribution in [-0.4, -0.2) is 15.7 Å². The molecular formula is C18H15Cl2N3OS. The lowest BCUT2D eigenvalue weighted by Crippen LogP contribution is -2.24. The van der Waals surface area contributed by atoms with Crippen molar-refractivity contribution in [1.82, 2.24) is 9.78 Å². The molecule has 0 spiro atoms. The highest BCUT2D eigenvalue weighted by Crippen LogP contribution is 2.34. The first-order chi connectivity index (χ1) is 12.0. The third-order valence-corrected chi connectivity index (χ3v) is 5.06. The zero-order valence-electron chi connectivity index (χ0n) is 13.3. The Labute approximate surface area is 160 Å². The van der Waals surface area contributed by atoms with E-state index in [0.717, 1.165) is 15.5 Å². The molecule has 3 aromatic rings. The maximum Gasteiger partial charge on any atom is 0.248 e. The van der Waals surface area contributed by atoms with Gasteiger partial charge < -0.3 is 5.32 Å². The first kappa shape index (κ1) is 17.9. The number of aromatic nitrogens is 2. The van der Waals surface area contributed by atoms with Gasteiger partial charge in [0.25, 0.3) is 0 Å². The van der Waals surface area contributed by atoms with Gasteiger partial charge >= 0.3 is 0 Å². The topological polar surface area (TPSA) is 46.9 Å². The molecule has 7 heteroatoms. The first-order valence-electron chi connectivity index (χ1n) is 7.56. The second-order valence-electron chi connectivity index (χ2n) is 5.36. The van der Waals surface area contributed by atoms with Gasteiger partial charge in [0.05, 0.1) is 16.9 Å². The molecule has 0 aliphatic rings. The van der Waals surface area contributed by atoms with E-state index >= 15 is 0 Å². The molecule has 1 amide bonds. The fraction of sp³-hybridized carbons (Fsp3) is 0.111. The van der Waals surface area contributed by atoms with Crippen molar-refractivity contribution in [3.63, 3.8) is 0 Å². The Bertz CT molecular complexity index is 880. The zero-order valence-corrected chi connectivity index (χ0v) is 15.6. The summed E-state index contributed by atoms with van der Waals surface area (Å²) in [5.41, 5.74) is 0.748. The number of carbonyl (C=O) groups excluding carboxylic acids is 1. The van der Waals surface area contributed by atoms with Gasteiger partial charge in [-0.3, -0.25) is 9.48 Å². The summed E-state index contributed by atoms with van der Waals surface area (Å²) in [6.45, 7) is 1.77. The normalized spacial score (nSPS) is 12.0. The summed E-state index contributed by atoms with van der Waals surface area (Å²) in [7, 11) is 0. The van der Waals surface area contributed by atoms with Gasteiger partial charge in [-0.1, -0.05) is 47.1 Å². The molecule has 25 heavy (non-hydrogen) atoms. The van der Waals surface area contributed by atoms with E-state index in [-0.39, 0.29) is 5.91 Å². The third-order valence-electron chi connectivity index (χ3n) is 3.53. The summed E-state index contributed by atoms with van der Waals surface area (Å²) in [5.74, 6) is -0.163. The summed E-state index contributed by atoms with van der Waals surface area (Å²) in [5, 5.41) is 8.23. The Balaban J connectivity index is 1.76. The van der Waals surface area contributed by atoms with Gasteiger partial charge in [0, 0.05) is 21.0 Å². The minimum absolute atomic E-state index is 0.163. The third kappa shape index (κ3) is 4.57. The smallest absolute Gasteiger partial charge is 0.248 e. The molecule has 0 saturated carbocycles. The predicted molar refractivity (Wildman–Crippen MR) is 103 cm³/mol. The standard InChI is InChI=1S/C18H15Cl2N3OS/c1-12(23-11-14(20)10-21-23)18(24)22-16-4-2-3-5-17(16)25-15-8-6-13(19)7-9-15/h2-12H,1H3,(H,22,24). The molecule has 1 atom stereocenters.